The molecule has 8 heteroatoms. The monoisotopic (exact) mass is 319 g/mol. The summed E-state index contributed by atoms with van der Waals surface area (Å²) in [6.45, 7) is -1.02. The number of anilines is 1. The zero-order valence-electron chi connectivity index (χ0n) is 9.66. The molecule has 0 aliphatic carbocycles. The number of benzene rings is 1. The van der Waals surface area contributed by atoms with Crippen molar-refractivity contribution in [1.29, 1.82) is 0 Å². The van der Waals surface area contributed by atoms with E-state index in [1.54, 1.807) is 0 Å². The summed E-state index contributed by atoms with van der Waals surface area (Å²) in [4.78, 5) is 0. The van der Waals surface area contributed by atoms with Crippen LogP contribution in [-0.4, -0.2) is 25.9 Å². The minimum Gasteiger partial charge on any atom is -0.383 e. The number of hydrogen-bond donors (Lipinski definition) is 1. The Kier molecular flexibility index (Phi) is 6.16. The first kappa shape index (κ1) is 16.3. The van der Waals surface area contributed by atoms with Crippen LogP contribution < -0.4 is 5.32 Å². The number of hydrogen-bond acceptors (Lipinski definition) is 2. The van der Waals surface area contributed by atoms with Crippen LogP contribution in [0.15, 0.2) is 12.1 Å². The fraction of sp³-hybridized carbons (Fsp3) is 0.455. The molecule has 19 heavy (non-hydrogen) atoms. The van der Waals surface area contributed by atoms with Crippen molar-refractivity contribution in [3.05, 3.63) is 28.0 Å². The van der Waals surface area contributed by atoms with E-state index in [2.05, 4.69) is 10.1 Å². The zero-order chi connectivity index (χ0) is 14.5. The molecular formula is C11H11Cl2F4NO. The molecule has 0 aliphatic heterocycles. The minimum absolute atomic E-state index is 0.0526. The number of alkyl halides is 3. The van der Waals surface area contributed by atoms with Gasteiger partial charge in [0.25, 0.3) is 0 Å². The molecule has 0 radical (unpaired) electrons. The second-order valence-electron chi connectivity index (χ2n) is 3.69. The molecule has 0 heterocycles. The predicted octanol–water partition coefficient (Wildman–Crippen LogP) is 4.51. The Labute approximate surface area is 117 Å². The van der Waals surface area contributed by atoms with E-state index in [0.717, 1.165) is 12.1 Å². The predicted molar refractivity (Wildman–Crippen MR) is 66.4 cm³/mol. The molecule has 0 saturated carbocycles. The van der Waals surface area contributed by atoms with Crippen LogP contribution in [0.2, 0.25) is 10.0 Å². The lowest BCUT2D eigenvalue weighted by Gasteiger charge is -2.11. The molecule has 0 amide bonds. The lowest BCUT2D eigenvalue weighted by atomic mass is 10.3. The third-order valence-electron chi connectivity index (χ3n) is 2.04. The first-order valence-electron chi connectivity index (χ1n) is 5.32. The Morgan fingerprint density at radius 3 is 2.26 bits per heavy atom. The van der Waals surface area contributed by atoms with Gasteiger partial charge in [-0.05, 0) is 18.6 Å². The fourth-order valence-corrected chi connectivity index (χ4v) is 1.88. The van der Waals surface area contributed by atoms with Gasteiger partial charge in [-0.1, -0.05) is 23.2 Å². The smallest absolute Gasteiger partial charge is 0.383 e. The van der Waals surface area contributed by atoms with Gasteiger partial charge in [0.05, 0.1) is 15.7 Å². The minimum atomic E-state index is -4.32. The molecule has 0 aromatic heterocycles. The van der Waals surface area contributed by atoms with Gasteiger partial charge >= 0.3 is 6.18 Å². The maximum Gasteiger partial charge on any atom is 0.411 e. The van der Waals surface area contributed by atoms with Crippen molar-refractivity contribution in [3.8, 4) is 0 Å². The van der Waals surface area contributed by atoms with Crippen LogP contribution in [0.25, 0.3) is 0 Å². The summed E-state index contributed by atoms with van der Waals surface area (Å²) in [6.07, 6.45) is -3.99. The van der Waals surface area contributed by atoms with Crippen molar-refractivity contribution < 1.29 is 22.3 Å². The maximum absolute atomic E-state index is 12.9. The Morgan fingerprint density at radius 2 is 1.74 bits per heavy atom. The first-order chi connectivity index (χ1) is 8.79. The number of nitrogens with one attached hydrogen (secondary N) is 1. The summed E-state index contributed by atoms with van der Waals surface area (Å²) >= 11 is 11.5. The van der Waals surface area contributed by atoms with Gasteiger partial charge in [0.1, 0.15) is 12.4 Å². The van der Waals surface area contributed by atoms with E-state index in [1.807, 2.05) is 0 Å². The molecular weight excluding hydrogens is 309 g/mol. The molecule has 1 N–H and O–H groups in total. The van der Waals surface area contributed by atoms with Gasteiger partial charge in [0.15, 0.2) is 0 Å². The third kappa shape index (κ3) is 6.31. The summed E-state index contributed by atoms with van der Waals surface area (Å²) in [5.41, 5.74) is 0.348. The molecule has 1 aromatic carbocycles. The third-order valence-corrected chi connectivity index (χ3v) is 2.64. The number of halogens is 6. The molecule has 0 aliphatic rings. The lowest BCUT2D eigenvalue weighted by molar-refractivity contribution is -0.173. The molecule has 1 rings (SSSR count). The number of rotatable bonds is 6. The fourth-order valence-electron chi connectivity index (χ4n) is 1.29. The van der Waals surface area contributed by atoms with Gasteiger partial charge in [-0.2, -0.15) is 13.2 Å². The summed E-state index contributed by atoms with van der Waals surface area (Å²) < 4.78 is 52.6. The Morgan fingerprint density at radius 1 is 1.16 bits per heavy atom. The van der Waals surface area contributed by atoms with Crippen LogP contribution in [0, 0.1) is 5.82 Å². The van der Waals surface area contributed by atoms with Gasteiger partial charge in [0.2, 0.25) is 0 Å². The zero-order valence-corrected chi connectivity index (χ0v) is 11.2. The summed E-state index contributed by atoms with van der Waals surface area (Å²) in [6, 6.07) is 2.19. The van der Waals surface area contributed by atoms with Crippen molar-refractivity contribution in [2.75, 3.05) is 25.1 Å². The maximum atomic E-state index is 12.9. The van der Waals surface area contributed by atoms with Crippen molar-refractivity contribution in [2.45, 2.75) is 12.6 Å². The van der Waals surface area contributed by atoms with Crippen molar-refractivity contribution in [3.63, 3.8) is 0 Å². The molecule has 0 spiro atoms. The summed E-state index contributed by atoms with van der Waals surface area (Å²) in [5, 5.41) is 3.04. The highest BCUT2D eigenvalue weighted by Gasteiger charge is 2.27. The van der Waals surface area contributed by atoms with E-state index < -0.39 is 18.6 Å². The van der Waals surface area contributed by atoms with E-state index in [1.165, 1.54) is 0 Å². The molecule has 0 atom stereocenters. The highest BCUT2D eigenvalue weighted by atomic mass is 35.5. The van der Waals surface area contributed by atoms with Crippen molar-refractivity contribution >= 4 is 28.9 Å². The van der Waals surface area contributed by atoms with Crippen molar-refractivity contribution in [2.24, 2.45) is 0 Å². The van der Waals surface area contributed by atoms with Gasteiger partial charge in [0, 0.05) is 13.2 Å². The molecule has 2 nitrogen and oxygen atoms in total. The summed E-state index contributed by atoms with van der Waals surface area (Å²) in [7, 11) is 0. The highest BCUT2D eigenvalue weighted by Crippen LogP contribution is 2.31. The van der Waals surface area contributed by atoms with E-state index in [0.29, 0.717) is 18.7 Å². The van der Waals surface area contributed by atoms with Crippen molar-refractivity contribution in [1.82, 2.24) is 0 Å². The lowest BCUT2D eigenvalue weighted by Crippen LogP contribution is -2.18. The molecule has 0 fully saturated rings. The van der Waals surface area contributed by atoms with Gasteiger partial charge in [-0.15, -0.1) is 0 Å². The largest absolute Gasteiger partial charge is 0.411 e. The second-order valence-corrected chi connectivity index (χ2v) is 4.51. The highest BCUT2D eigenvalue weighted by molar-refractivity contribution is 6.39. The van der Waals surface area contributed by atoms with E-state index in [4.69, 9.17) is 23.2 Å². The standard InChI is InChI=1S/C11H11Cl2F4NO/c12-8-4-7(14)5-9(13)10(8)18-2-1-3-19-6-11(15,16)17/h4-5,18H,1-3,6H2. The van der Waals surface area contributed by atoms with E-state index in [9.17, 15) is 17.6 Å². The van der Waals surface area contributed by atoms with Crippen LogP contribution in [0.1, 0.15) is 6.42 Å². The molecule has 0 unspecified atom stereocenters. The van der Waals surface area contributed by atoms with Crippen LogP contribution in [0.5, 0.6) is 0 Å². The van der Waals surface area contributed by atoms with E-state index >= 15 is 0 Å². The SMILES string of the molecule is Fc1cc(Cl)c(NCCCOCC(F)(F)F)c(Cl)c1. The van der Waals surface area contributed by atoms with Gasteiger partial charge < -0.3 is 10.1 Å². The average molecular weight is 320 g/mol. The summed E-state index contributed by atoms with van der Waals surface area (Å²) in [5.74, 6) is -0.561. The Balaban J connectivity index is 2.30. The average Bonchev–Trinajstić information content (AvgIpc) is 2.24. The normalized spacial score (nSPS) is 11.7. The van der Waals surface area contributed by atoms with Crippen LogP contribution in [0.4, 0.5) is 23.2 Å². The Hall–Kier alpha value is -0.720. The quantitative estimate of drug-likeness (QED) is 0.615. The molecule has 0 saturated heterocycles. The number of ether oxygens (including phenoxy) is 1. The van der Waals surface area contributed by atoms with E-state index in [-0.39, 0.29) is 16.7 Å². The van der Waals surface area contributed by atoms with Gasteiger partial charge in [-0.3, -0.25) is 0 Å². The van der Waals surface area contributed by atoms with Gasteiger partial charge in [-0.25, -0.2) is 4.39 Å². The van der Waals surface area contributed by atoms with Crippen LogP contribution in [-0.2, 0) is 4.74 Å². The Bertz CT molecular complexity index is 403. The molecule has 1 aromatic rings. The first-order valence-corrected chi connectivity index (χ1v) is 6.08. The topological polar surface area (TPSA) is 21.3 Å². The van der Waals surface area contributed by atoms with Crippen LogP contribution >= 0.6 is 23.2 Å². The second kappa shape index (κ2) is 7.17. The molecule has 108 valence electrons. The molecule has 0 bridgehead atoms. The van der Waals surface area contributed by atoms with Crippen LogP contribution in [0.3, 0.4) is 0 Å².